The number of ether oxygens (including phenoxy) is 3. The van der Waals surface area contributed by atoms with Crippen LogP contribution in [0.1, 0.15) is 29.9 Å². The fraction of sp³-hybridized carbons (Fsp3) is 0.522. The number of carbonyl (C=O) groups excluding carboxylic acids is 1. The second-order valence-corrected chi connectivity index (χ2v) is 8.40. The zero-order valence-corrected chi connectivity index (χ0v) is 18.6. The van der Waals surface area contributed by atoms with Gasteiger partial charge in [-0.25, -0.2) is 4.79 Å². The highest BCUT2D eigenvalue weighted by Crippen LogP contribution is 2.48. The molecule has 1 aromatic carbocycles. The molecule has 10 nitrogen and oxygen atoms in total. The molecule has 10 heteroatoms. The third-order valence-corrected chi connectivity index (χ3v) is 6.61. The third kappa shape index (κ3) is 4.16. The van der Waals surface area contributed by atoms with E-state index in [2.05, 4.69) is 0 Å². The van der Waals surface area contributed by atoms with Crippen LogP contribution in [-0.2, 0) is 19.1 Å². The number of amides is 1. The van der Waals surface area contributed by atoms with Crippen molar-refractivity contribution in [2.75, 3.05) is 40.5 Å². The number of carboxylic acids is 1. The van der Waals surface area contributed by atoms with Crippen LogP contribution in [0.25, 0.3) is 5.70 Å². The van der Waals surface area contributed by atoms with E-state index in [-0.39, 0.29) is 25.0 Å². The summed E-state index contributed by atoms with van der Waals surface area (Å²) in [6.07, 6.45) is 0.769. The molecule has 1 saturated heterocycles. The van der Waals surface area contributed by atoms with Crippen molar-refractivity contribution in [1.29, 1.82) is 0 Å². The van der Waals surface area contributed by atoms with Crippen molar-refractivity contribution in [3.8, 4) is 5.75 Å². The van der Waals surface area contributed by atoms with Gasteiger partial charge in [-0.1, -0.05) is 0 Å². The first-order valence-electron chi connectivity index (χ1n) is 10.9. The maximum absolute atomic E-state index is 12.6. The van der Waals surface area contributed by atoms with E-state index < -0.39 is 30.0 Å². The average molecular weight is 460 g/mol. The summed E-state index contributed by atoms with van der Waals surface area (Å²) in [6.45, 7) is 1.32. The van der Waals surface area contributed by atoms with E-state index in [0.29, 0.717) is 31.1 Å². The summed E-state index contributed by atoms with van der Waals surface area (Å²) >= 11 is 0. The predicted octanol–water partition coefficient (Wildman–Crippen LogP) is 1.85. The van der Waals surface area contributed by atoms with Gasteiger partial charge in [-0.3, -0.25) is 14.5 Å². The number of piperidine rings is 1. The van der Waals surface area contributed by atoms with Crippen LogP contribution >= 0.6 is 0 Å². The number of methoxy groups -OCH3 is 2. The van der Waals surface area contributed by atoms with Crippen molar-refractivity contribution in [3.63, 3.8) is 0 Å². The molecule has 4 atom stereocenters. The van der Waals surface area contributed by atoms with Crippen molar-refractivity contribution >= 4 is 23.5 Å². The lowest BCUT2D eigenvalue weighted by Gasteiger charge is -2.53. The highest BCUT2D eigenvalue weighted by Gasteiger charge is 2.50. The first kappa shape index (κ1) is 23.1. The lowest BCUT2D eigenvalue weighted by molar-refractivity contribution is -0.146. The van der Waals surface area contributed by atoms with Crippen LogP contribution in [0.4, 0.5) is 4.79 Å². The molecule has 3 heterocycles. The predicted molar refractivity (Wildman–Crippen MR) is 116 cm³/mol. The molecule has 2 N–H and O–H groups in total. The van der Waals surface area contributed by atoms with Crippen molar-refractivity contribution in [3.05, 3.63) is 35.4 Å². The summed E-state index contributed by atoms with van der Waals surface area (Å²) < 4.78 is 16.6. The Morgan fingerprint density at radius 2 is 1.97 bits per heavy atom. The van der Waals surface area contributed by atoms with Gasteiger partial charge in [0.05, 0.1) is 12.5 Å². The number of carbonyl (C=O) groups is 3. The van der Waals surface area contributed by atoms with Gasteiger partial charge in [0.2, 0.25) is 0 Å². The van der Waals surface area contributed by atoms with Crippen LogP contribution in [0.15, 0.2) is 24.3 Å². The van der Waals surface area contributed by atoms with E-state index in [1.807, 2.05) is 17.0 Å². The minimum absolute atomic E-state index is 0.0411. The molecule has 178 valence electrons. The highest BCUT2D eigenvalue weighted by atomic mass is 16.5. The topological polar surface area (TPSA) is 126 Å². The Bertz CT molecular complexity index is 977. The van der Waals surface area contributed by atoms with Crippen molar-refractivity contribution in [1.82, 2.24) is 9.80 Å². The van der Waals surface area contributed by atoms with Gasteiger partial charge >= 0.3 is 12.1 Å². The Kier molecular flexibility index (Phi) is 6.57. The van der Waals surface area contributed by atoms with Crippen molar-refractivity contribution in [2.24, 2.45) is 5.92 Å². The van der Waals surface area contributed by atoms with E-state index in [4.69, 9.17) is 14.2 Å². The lowest BCUT2D eigenvalue weighted by Crippen LogP contribution is -2.60. The highest BCUT2D eigenvalue weighted by molar-refractivity contribution is 6.09. The molecular weight excluding hydrogens is 432 g/mol. The van der Waals surface area contributed by atoms with Crippen LogP contribution in [0, 0.1) is 5.92 Å². The van der Waals surface area contributed by atoms with Gasteiger partial charge in [0.25, 0.3) is 0 Å². The second-order valence-electron chi connectivity index (χ2n) is 8.40. The SMILES string of the molecule is COCCCOc1ccc2c(c1)C1C(CCN(C(=O)O)C1OC)N1CC(C(=O)O)C(=O)C=C21. The smallest absolute Gasteiger partial charge is 0.409 e. The number of likely N-dealkylation sites (tertiary alicyclic amines) is 1. The minimum atomic E-state index is -1.16. The second kappa shape index (κ2) is 9.40. The third-order valence-electron chi connectivity index (χ3n) is 6.61. The Morgan fingerprint density at radius 1 is 1.18 bits per heavy atom. The Hall–Kier alpha value is -3.11. The Morgan fingerprint density at radius 3 is 2.64 bits per heavy atom. The lowest BCUT2D eigenvalue weighted by atomic mass is 9.75. The fourth-order valence-electron chi connectivity index (χ4n) is 5.13. The molecule has 1 amide bonds. The van der Waals surface area contributed by atoms with E-state index in [0.717, 1.165) is 17.5 Å². The number of carboxylic acid groups (broad SMARTS) is 2. The molecule has 0 bridgehead atoms. The number of ketones is 1. The molecule has 0 aromatic heterocycles. The molecule has 4 unspecified atom stereocenters. The summed E-state index contributed by atoms with van der Waals surface area (Å²) in [5.41, 5.74) is 2.25. The molecule has 0 aliphatic carbocycles. The standard InChI is InChI=1S/C23H28N2O8/c1-31-8-3-9-33-13-4-5-14-15(10-13)20-17(6-7-24(23(29)30)21(20)32-2)25-12-16(22(27)28)19(26)11-18(14)25/h4-5,10-11,16-17,20-21H,3,6-9,12H2,1-2H3,(H,27,28)(H,29,30). The molecule has 0 radical (unpaired) electrons. The first-order valence-corrected chi connectivity index (χ1v) is 10.9. The Balaban J connectivity index is 1.78. The van der Waals surface area contributed by atoms with E-state index in [9.17, 15) is 24.6 Å². The zero-order chi connectivity index (χ0) is 23.7. The number of aliphatic carboxylic acids is 1. The number of benzene rings is 1. The van der Waals surface area contributed by atoms with E-state index >= 15 is 0 Å². The van der Waals surface area contributed by atoms with Crippen LogP contribution in [0.3, 0.4) is 0 Å². The van der Waals surface area contributed by atoms with Gasteiger partial charge in [0.1, 0.15) is 17.9 Å². The van der Waals surface area contributed by atoms with Crippen LogP contribution in [0.2, 0.25) is 0 Å². The van der Waals surface area contributed by atoms with Crippen molar-refractivity contribution < 1.29 is 38.8 Å². The summed E-state index contributed by atoms with van der Waals surface area (Å²) in [5.74, 6) is -2.51. The Labute approximate surface area is 191 Å². The normalized spacial score (nSPS) is 26.1. The number of fused-ring (bicyclic) bond motifs is 6. The van der Waals surface area contributed by atoms with Crippen LogP contribution in [-0.4, -0.2) is 90.7 Å². The van der Waals surface area contributed by atoms with Gasteiger partial charge in [-0.2, -0.15) is 0 Å². The van der Waals surface area contributed by atoms with Crippen molar-refractivity contribution in [2.45, 2.75) is 31.0 Å². The van der Waals surface area contributed by atoms with Gasteiger partial charge < -0.3 is 29.3 Å². The zero-order valence-electron chi connectivity index (χ0n) is 18.6. The molecule has 3 aliphatic heterocycles. The first-order chi connectivity index (χ1) is 15.9. The molecule has 0 spiro atoms. The van der Waals surface area contributed by atoms with Gasteiger partial charge in [-0.15, -0.1) is 0 Å². The molecule has 1 aromatic rings. The monoisotopic (exact) mass is 460 g/mol. The molecule has 3 aliphatic rings. The quantitative estimate of drug-likeness (QED) is 0.463. The minimum Gasteiger partial charge on any atom is -0.493 e. The number of rotatable bonds is 7. The van der Waals surface area contributed by atoms with Gasteiger partial charge in [0, 0.05) is 63.7 Å². The number of allylic oxidation sites excluding steroid dienone is 1. The van der Waals surface area contributed by atoms with E-state index in [1.54, 1.807) is 13.2 Å². The molecule has 4 rings (SSSR count). The van der Waals surface area contributed by atoms with Gasteiger partial charge in [0.15, 0.2) is 5.78 Å². The molecule has 0 saturated carbocycles. The number of hydrogen-bond donors (Lipinski definition) is 2. The number of hydrogen-bond acceptors (Lipinski definition) is 7. The molecule has 33 heavy (non-hydrogen) atoms. The summed E-state index contributed by atoms with van der Waals surface area (Å²) in [5, 5.41) is 19.3. The maximum Gasteiger partial charge on any atom is 0.409 e. The molecular formula is C23H28N2O8. The largest absolute Gasteiger partial charge is 0.493 e. The van der Waals surface area contributed by atoms with Crippen LogP contribution < -0.4 is 4.74 Å². The fourth-order valence-corrected chi connectivity index (χ4v) is 5.13. The molecule has 1 fully saturated rings. The van der Waals surface area contributed by atoms with Gasteiger partial charge in [-0.05, 0) is 30.2 Å². The summed E-state index contributed by atoms with van der Waals surface area (Å²) in [7, 11) is 3.10. The summed E-state index contributed by atoms with van der Waals surface area (Å²) in [6, 6.07) is 5.31. The van der Waals surface area contributed by atoms with Crippen LogP contribution in [0.5, 0.6) is 5.75 Å². The average Bonchev–Trinajstić information content (AvgIpc) is 2.80. The maximum atomic E-state index is 12.6. The van der Waals surface area contributed by atoms with E-state index in [1.165, 1.54) is 18.1 Å². The summed E-state index contributed by atoms with van der Waals surface area (Å²) in [4.78, 5) is 39.4. The number of nitrogens with zero attached hydrogens (tertiary/aromatic N) is 2.